The number of amides is 2. The fourth-order valence-electron chi connectivity index (χ4n) is 2.88. The van der Waals surface area contributed by atoms with Gasteiger partial charge in [0, 0.05) is 29.2 Å². The Kier molecular flexibility index (Phi) is 7.40. The van der Waals surface area contributed by atoms with Gasteiger partial charge in [-0.3, -0.25) is 9.59 Å². The van der Waals surface area contributed by atoms with Crippen molar-refractivity contribution in [2.75, 3.05) is 24.6 Å². The Morgan fingerprint density at radius 1 is 1.14 bits per heavy atom. The van der Waals surface area contributed by atoms with Crippen LogP contribution in [0.3, 0.4) is 0 Å². The first-order valence-electron chi connectivity index (χ1n) is 9.27. The molecule has 7 heteroatoms. The van der Waals surface area contributed by atoms with E-state index >= 15 is 0 Å². The summed E-state index contributed by atoms with van der Waals surface area (Å²) in [5.41, 5.74) is 1.71. The number of benzene rings is 2. The lowest BCUT2D eigenvalue weighted by molar-refractivity contribution is -0.123. The van der Waals surface area contributed by atoms with E-state index in [0.717, 1.165) is 30.6 Å². The van der Waals surface area contributed by atoms with Crippen molar-refractivity contribution in [3.63, 3.8) is 0 Å². The van der Waals surface area contributed by atoms with E-state index in [-0.39, 0.29) is 25.0 Å². The maximum Gasteiger partial charge on any atom is 0.258 e. The molecule has 0 unspecified atom stereocenters. The lowest BCUT2D eigenvalue weighted by Gasteiger charge is -2.26. The Bertz CT molecular complexity index is 949. The van der Waals surface area contributed by atoms with E-state index in [1.807, 2.05) is 29.2 Å². The number of carbonyl (C=O) groups is 2. The molecule has 2 aromatic rings. The van der Waals surface area contributed by atoms with Crippen molar-refractivity contribution in [3.05, 3.63) is 58.1 Å². The summed E-state index contributed by atoms with van der Waals surface area (Å²) in [6.45, 7) is 0.795. The molecule has 0 bridgehead atoms. The molecule has 29 heavy (non-hydrogen) atoms. The van der Waals surface area contributed by atoms with Gasteiger partial charge in [0.05, 0.1) is 11.6 Å². The van der Waals surface area contributed by atoms with Crippen LogP contribution in [0.25, 0.3) is 0 Å². The summed E-state index contributed by atoms with van der Waals surface area (Å²) in [7, 11) is 0. The van der Waals surface area contributed by atoms with E-state index < -0.39 is 0 Å². The molecule has 0 saturated carbocycles. The summed E-state index contributed by atoms with van der Waals surface area (Å²) >= 11 is 11.8. The lowest BCUT2D eigenvalue weighted by Crippen LogP contribution is -2.35. The lowest BCUT2D eigenvalue weighted by atomic mass is 10.1. The summed E-state index contributed by atoms with van der Waals surface area (Å²) in [6, 6.07) is 12.3. The molecule has 150 valence electrons. The largest absolute Gasteiger partial charge is 0.482 e. The molecular formula is C22H20Cl2N2O3. The monoisotopic (exact) mass is 430 g/mol. The quantitative estimate of drug-likeness (QED) is 0.727. The fraction of sp³-hybridized carbons (Fsp3) is 0.273. The van der Waals surface area contributed by atoms with E-state index in [9.17, 15) is 9.59 Å². The van der Waals surface area contributed by atoms with Gasteiger partial charge >= 0.3 is 0 Å². The van der Waals surface area contributed by atoms with Crippen LogP contribution in [0.1, 0.15) is 24.8 Å². The third-order valence-corrected chi connectivity index (χ3v) is 4.89. The predicted octanol–water partition coefficient (Wildman–Crippen LogP) is 4.06. The smallest absolute Gasteiger partial charge is 0.258 e. The number of anilines is 1. The zero-order chi connectivity index (χ0) is 20.6. The Morgan fingerprint density at radius 2 is 1.93 bits per heavy atom. The van der Waals surface area contributed by atoms with Gasteiger partial charge in [-0.15, -0.1) is 0 Å². The van der Waals surface area contributed by atoms with Crippen LogP contribution in [0.2, 0.25) is 10.0 Å². The van der Waals surface area contributed by atoms with Crippen LogP contribution in [-0.2, 0) is 9.59 Å². The van der Waals surface area contributed by atoms with E-state index in [4.69, 9.17) is 27.9 Å². The first-order valence-corrected chi connectivity index (χ1v) is 10.0. The highest BCUT2D eigenvalue weighted by Crippen LogP contribution is 2.27. The average molecular weight is 431 g/mol. The predicted molar refractivity (Wildman–Crippen MR) is 114 cm³/mol. The van der Waals surface area contributed by atoms with Gasteiger partial charge < -0.3 is 15.0 Å². The molecule has 0 radical (unpaired) electrons. The number of rotatable bonds is 5. The van der Waals surface area contributed by atoms with Crippen molar-refractivity contribution >= 4 is 40.7 Å². The van der Waals surface area contributed by atoms with Gasteiger partial charge in [-0.2, -0.15) is 0 Å². The topological polar surface area (TPSA) is 58.6 Å². The molecule has 0 aliphatic carbocycles. The summed E-state index contributed by atoms with van der Waals surface area (Å²) in [6.07, 6.45) is 2.60. The van der Waals surface area contributed by atoms with Crippen molar-refractivity contribution in [3.8, 4) is 17.6 Å². The Labute approximate surface area is 179 Å². The minimum absolute atomic E-state index is 0.165. The average Bonchev–Trinajstić information content (AvgIpc) is 2.71. The Morgan fingerprint density at radius 3 is 2.66 bits per heavy atom. The van der Waals surface area contributed by atoms with E-state index in [1.54, 1.807) is 18.2 Å². The summed E-state index contributed by atoms with van der Waals surface area (Å²) in [5, 5.41) is 3.51. The molecule has 1 saturated heterocycles. The number of nitrogens with one attached hydrogen (secondary N) is 1. The Hall–Kier alpha value is -2.68. The summed E-state index contributed by atoms with van der Waals surface area (Å²) in [4.78, 5) is 25.6. The van der Waals surface area contributed by atoms with Crippen molar-refractivity contribution in [1.29, 1.82) is 0 Å². The van der Waals surface area contributed by atoms with E-state index in [1.165, 1.54) is 0 Å². The van der Waals surface area contributed by atoms with Crippen LogP contribution in [0.15, 0.2) is 42.5 Å². The molecule has 0 atom stereocenters. The highest BCUT2D eigenvalue weighted by Gasteiger charge is 2.19. The molecule has 1 aliphatic heterocycles. The van der Waals surface area contributed by atoms with Crippen LogP contribution >= 0.6 is 23.2 Å². The molecule has 2 amide bonds. The van der Waals surface area contributed by atoms with Crippen molar-refractivity contribution in [1.82, 2.24) is 5.32 Å². The minimum Gasteiger partial charge on any atom is -0.482 e. The van der Waals surface area contributed by atoms with Gasteiger partial charge in [-0.25, -0.2) is 0 Å². The highest BCUT2D eigenvalue weighted by atomic mass is 35.5. The van der Waals surface area contributed by atoms with E-state index in [2.05, 4.69) is 17.2 Å². The zero-order valence-corrected chi connectivity index (χ0v) is 17.2. The minimum atomic E-state index is -0.302. The second-order valence-corrected chi connectivity index (χ2v) is 7.33. The first-order chi connectivity index (χ1) is 14.0. The van der Waals surface area contributed by atoms with Gasteiger partial charge in [-0.1, -0.05) is 35.0 Å². The van der Waals surface area contributed by atoms with Crippen molar-refractivity contribution < 1.29 is 14.3 Å². The second-order valence-electron chi connectivity index (χ2n) is 6.49. The maximum atomic E-state index is 12.0. The van der Waals surface area contributed by atoms with Crippen LogP contribution < -0.4 is 15.0 Å². The van der Waals surface area contributed by atoms with Gasteiger partial charge in [0.1, 0.15) is 5.75 Å². The van der Waals surface area contributed by atoms with Crippen LogP contribution in [0.4, 0.5) is 5.69 Å². The zero-order valence-electron chi connectivity index (χ0n) is 15.7. The van der Waals surface area contributed by atoms with Crippen molar-refractivity contribution in [2.24, 2.45) is 0 Å². The fourth-order valence-corrected chi connectivity index (χ4v) is 3.34. The number of piperidine rings is 1. The van der Waals surface area contributed by atoms with Crippen LogP contribution in [0.5, 0.6) is 5.75 Å². The molecule has 2 aromatic carbocycles. The number of carbonyl (C=O) groups excluding carboxylic acids is 2. The molecule has 1 heterocycles. The van der Waals surface area contributed by atoms with Crippen molar-refractivity contribution in [2.45, 2.75) is 19.3 Å². The summed E-state index contributed by atoms with van der Waals surface area (Å²) in [5.74, 6) is 6.14. The first kappa shape index (κ1) is 21.0. The summed E-state index contributed by atoms with van der Waals surface area (Å²) < 4.78 is 5.37. The number of hydrogen-bond acceptors (Lipinski definition) is 3. The van der Waals surface area contributed by atoms with Crippen LogP contribution in [0, 0.1) is 11.8 Å². The molecule has 1 fully saturated rings. The third kappa shape index (κ3) is 6.15. The van der Waals surface area contributed by atoms with Gasteiger partial charge in [0.15, 0.2) is 6.61 Å². The maximum absolute atomic E-state index is 12.0. The van der Waals surface area contributed by atoms with Gasteiger partial charge in [0.25, 0.3) is 5.91 Å². The molecule has 0 aromatic heterocycles. The third-order valence-electron chi connectivity index (χ3n) is 4.36. The molecule has 3 rings (SSSR count). The molecular weight excluding hydrogens is 411 g/mol. The molecule has 0 spiro atoms. The van der Waals surface area contributed by atoms with Gasteiger partial charge in [-0.05, 0) is 55.3 Å². The normalized spacial score (nSPS) is 13.4. The van der Waals surface area contributed by atoms with E-state index in [0.29, 0.717) is 22.2 Å². The number of halogens is 2. The standard InChI is InChI=1S/C22H20Cl2N2O3/c23-17-8-11-20(19(24)14-17)29-15-21(27)25-12-3-4-16-6-9-18(10-7-16)26-13-2-1-5-22(26)28/h6-11,14H,1-2,5,12-13,15H2,(H,25,27). The Balaban J connectivity index is 1.44. The number of ether oxygens (including phenoxy) is 1. The van der Waals surface area contributed by atoms with Gasteiger partial charge in [0.2, 0.25) is 5.91 Å². The number of nitrogens with zero attached hydrogens (tertiary/aromatic N) is 1. The SMILES string of the molecule is O=C(COc1ccc(Cl)cc1Cl)NCC#Cc1ccc(N2CCCCC2=O)cc1. The van der Waals surface area contributed by atoms with Crippen LogP contribution in [-0.4, -0.2) is 31.5 Å². The number of hydrogen-bond donors (Lipinski definition) is 1. The molecule has 5 nitrogen and oxygen atoms in total. The molecule has 1 aliphatic rings. The highest BCUT2D eigenvalue weighted by molar-refractivity contribution is 6.35. The second kappa shape index (κ2) is 10.2. The molecule has 1 N–H and O–H groups in total.